The Morgan fingerprint density at radius 2 is 2.40 bits per heavy atom. The zero-order valence-corrected chi connectivity index (χ0v) is 5.59. The van der Waals surface area contributed by atoms with Gasteiger partial charge in [-0.05, 0) is 0 Å². The zero-order chi connectivity index (χ0) is 7.82. The Morgan fingerprint density at radius 1 is 1.70 bits per heavy atom. The predicted molar refractivity (Wildman–Crippen MR) is 33.2 cm³/mol. The average molecular weight is 144 g/mol. The molecule has 0 amide bonds. The minimum absolute atomic E-state index is 0.0835. The van der Waals surface area contributed by atoms with E-state index in [0.29, 0.717) is 0 Å². The van der Waals surface area contributed by atoms with E-state index in [4.69, 9.17) is 5.11 Å². The molecule has 0 spiro atoms. The van der Waals surface area contributed by atoms with Crippen molar-refractivity contribution in [1.29, 1.82) is 0 Å². The van der Waals surface area contributed by atoms with Gasteiger partial charge in [-0.15, -0.1) is 0 Å². The van der Waals surface area contributed by atoms with Crippen molar-refractivity contribution in [2.24, 2.45) is 0 Å². The predicted octanol–water partition coefficient (Wildman–Crippen LogP) is -0.305. The fraction of sp³-hybridized carbons (Fsp3) is 0.500. The summed E-state index contributed by atoms with van der Waals surface area (Å²) in [6.45, 7) is 0.217. The van der Waals surface area contributed by atoms with Crippen molar-refractivity contribution in [3.8, 4) is 11.8 Å². The molecule has 0 radical (unpaired) electrons. The molecule has 10 heavy (non-hydrogen) atoms. The van der Waals surface area contributed by atoms with Gasteiger partial charge in [0.05, 0.1) is 0 Å². The maximum absolute atomic E-state index is 9.77. The van der Waals surface area contributed by atoms with Crippen LogP contribution in [-0.4, -0.2) is 31.6 Å². The molecule has 4 heteroatoms. The number of aliphatic carboxylic acids is 1. The highest BCUT2D eigenvalue weighted by Crippen LogP contribution is 1.71. The van der Waals surface area contributed by atoms with E-state index in [1.165, 1.54) is 7.11 Å². The molecule has 0 atom stereocenters. The molecule has 0 saturated heterocycles. The summed E-state index contributed by atoms with van der Waals surface area (Å²) >= 11 is 0. The van der Waals surface area contributed by atoms with Crippen molar-refractivity contribution in [3.63, 3.8) is 0 Å². The van der Waals surface area contributed by atoms with Crippen LogP contribution < -0.4 is 0 Å². The minimum atomic E-state index is -1.15. The highest BCUT2D eigenvalue weighted by atomic mass is 16.7. The van der Waals surface area contributed by atoms with Gasteiger partial charge in [0.25, 0.3) is 0 Å². The number of hydrogen-bond donors (Lipinski definition) is 1. The second-order valence-electron chi connectivity index (χ2n) is 1.36. The van der Waals surface area contributed by atoms with Crippen LogP contribution in [-0.2, 0) is 14.3 Å². The Balaban J connectivity index is 3.20. The number of carboxylic acids is 1. The third kappa shape index (κ3) is 6.95. The number of carboxylic acid groups (broad SMARTS) is 1. The molecule has 0 aromatic carbocycles. The molecule has 0 fully saturated rings. The molecule has 0 unspecified atom stereocenters. The fourth-order valence-electron chi connectivity index (χ4n) is 0.288. The average Bonchev–Trinajstić information content (AvgIpc) is 1.87. The minimum Gasteiger partial charge on any atom is -0.472 e. The van der Waals surface area contributed by atoms with Crippen LogP contribution in [0.5, 0.6) is 0 Å². The molecule has 0 aromatic rings. The van der Waals surface area contributed by atoms with Crippen LogP contribution in [0.1, 0.15) is 0 Å². The first-order chi connectivity index (χ1) is 4.77. The van der Waals surface area contributed by atoms with E-state index >= 15 is 0 Å². The van der Waals surface area contributed by atoms with Crippen LogP contribution >= 0.6 is 0 Å². The van der Waals surface area contributed by atoms with Gasteiger partial charge in [0.1, 0.15) is 13.4 Å². The van der Waals surface area contributed by atoms with E-state index in [2.05, 4.69) is 15.4 Å². The highest BCUT2D eigenvalue weighted by molar-refractivity contribution is 5.86. The zero-order valence-electron chi connectivity index (χ0n) is 5.59. The molecule has 0 saturated carbocycles. The van der Waals surface area contributed by atoms with Crippen LogP contribution in [0, 0.1) is 11.8 Å². The van der Waals surface area contributed by atoms with E-state index < -0.39 is 5.97 Å². The Hall–Kier alpha value is -1.05. The van der Waals surface area contributed by atoms with E-state index in [9.17, 15) is 4.79 Å². The Kier molecular flexibility index (Phi) is 5.44. The lowest BCUT2D eigenvalue weighted by molar-refractivity contribution is -0.130. The topological polar surface area (TPSA) is 55.8 Å². The van der Waals surface area contributed by atoms with E-state index in [-0.39, 0.29) is 13.4 Å². The number of carbonyl (C=O) groups is 1. The van der Waals surface area contributed by atoms with Crippen molar-refractivity contribution < 1.29 is 19.4 Å². The van der Waals surface area contributed by atoms with Gasteiger partial charge in [0.15, 0.2) is 0 Å². The number of hydrogen-bond acceptors (Lipinski definition) is 3. The Bertz CT molecular complexity index is 153. The molecule has 0 heterocycles. The summed E-state index contributed by atoms with van der Waals surface area (Å²) in [5, 5.41) is 8.01. The summed E-state index contributed by atoms with van der Waals surface area (Å²) in [6.07, 6.45) is 0. The molecule has 4 nitrogen and oxygen atoms in total. The lowest BCUT2D eigenvalue weighted by atomic mass is 10.6. The molecule has 1 N–H and O–H groups in total. The molecular weight excluding hydrogens is 136 g/mol. The first-order valence-electron chi connectivity index (χ1n) is 2.56. The van der Waals surface area contributed by atoms with Crippen LogP contribution in [0.2, 0.25) is 0 Å². The summed E-state index contributed by atoms with van der Waals surface area (Å²) < 4.78 is 9.19. The molecule has 0 rings (SSSR count). The molecule has 0 aliphatic heterocycles. The maximum atomic E-state index is 9.77. The van der Waals surface area contributed by atoms with Crippen molar-refractivity contribution in [2.45, 2.75) is 0 Å². The SMILES string of the molecule is COCOCC#CC(=O)O. The summed E-state index contributed by atoms with van der Waals surface area (Å²) in [7, 11) is 1.48. The summed E-state index contributed by atoms with van der Waals surface area (Å²) in [4.78, 5) is 9.77. The second-order valence-corrected chi connectivity index (χ2v) is 1.36. The maximum Gasteiger partial charge on any atom is 0.381 e. The summed E-state index contributed by atoms with van der Waals surface area (Å²) in [5.74, 6) is 3.01. The standard InChI is InChI=1S/C6H8O4/c1-9-5-10-4-2-3-6(7)8/h4-5H2,1H3,(H,7,8). The highest BCUT2D eigenvalue weighted by Gasteiger charge is 1.82. The number of rotatable bonds is 3. The third-order valence-corrected chi connectivity index (χ3v) is 0.571. The second kappa shape index (κ2) is 6.08. The van der Waals surface area contributed by atoms with Gasteiger partial charge in [-0.2, -0.15) is 0 Å². The van der Waals surface area contributed by atoms with E-state index in [1.54, 1.807) is 0 Å². The van der Waals surface area contributed by atoms with Crippen LogP contribution in [0.15, 0.2) is 0 Å². The van der Waals surface area contributed by atoms with Crippen molar-refractivity contribution in [2.75, 3.05) is 20.5 Å². The van der Waals surface area contributed by atoms with Gasteiger partial charge in [-0.25, -0.2) is 4.79 Å². The van der Waals surface area contributed by atoms with Gasteiger partial charge in [-0.1, -0.05) is 5.92 Å². The normalized spacial score (nSPS) is 8.10. The Morgan fingerprint density at radius 3 is 2.90 bits per heavy atom. The molecule has 0 aliphatic carbocycles. The molecule has 0 aromatic heterocycles. The largest absolute Gasteiger partial charge is 0.472 e. The molecule has 56 valence electrons. The fourth-order valence-corrected chi connectivity index (χ4v) is 0.288. The third-order valence-electron chi connectivity index (χ3n) is 0.571. The first kappa shape index (κ1) is 8.95. The van der Waals surface area contributed by atoms with E-state index in [0.717, 1.165) is 0 Å². The molecular formula is C6H8O4. The summed E-state index contributed by atoms with van der Waals surface area (Å²) in [5.41, 5.74) is 0. The quantitative estimate of drug-likeness (QED) is 0.335. The first-order valence-corrected chi connectivity index (χ1v) is 2.56. The number of ether oxygens (including phenoxy) is 2. The van der Waals surface area contributed by atoms with Crippen LogP contribution in [0.25, 0.3) is 0 Å². The monoisotopic (exact) mass is 144 g/mol. The lowest BCUT2D eigenvalue weighted by Crippen LogP contribution is -1.96. The lowest BCUT2D eigenvalue weighted by Gasteiger charge is -1.93. The van der Waals surface area contributed by atoms with Crippen LogP contribution in [0.3, 0.4) is 0 Å². The Labute approximate surface area is 58.7 Å². The van der Waals surface area contributed by atoms with Crippen molar-refractivity contribution in [1.82, 2.24) is 0 Å². The van der Waals surface area contributed by atoms with Crippen molar-refractivity contribution in [3.05, 3.63) is 0 Å². The van der Waals surface area contributed by atoms with Gasteiger partial charge in [0, 0.05) is 13.0 Å². The van der Waals surface area contributed by atoms with Crippen LogP contribution in [0.4, 0.5) is 0 Å². The van der Waals surface area contributed by atoms with Gasteiger partial charge in [-0.3, -0.25) is 0 Å². The summed E-state index contributed by atoms with van der Waals surface area (Å²) in [6, 6.07) is 0. The van der Waals surface area contributed by atoms with Gasteiger partial charge >= 0.3 is 5.97 Å². The smallest absolute Gasteiger partial charge is 0.381 e. The number of methoxy groups -OCH3 is 1. The van der Waals surface area contributed by atoms with Crippen molar-refractivity contribution >= 4 is 5.97 Å². The molecule has 0 bridgehead atoms. The van der Waals surface area contributed by atoms with Gasteiger partial charge < -0.3 is 14.6 Å². The van der Waals surface area contributed by atoms with Gasteiger partial charge in [0.2, 0.25) is 0 Å². The van der Waals surface area contributed by atoms with E-state index in [1.807, 2.05) is 5.92 Å². The molecule has 0 aliphatic rings.